The Balaban J connectivity index is 2.66. The van der Waals surface area contributed by atoms with Crippen LogP contribution in [0.15, 0.2) is 4.60 Å². The molecule has 0 aliphatic heterocycles. The predicted molar refractivity (Wildman–Crippen MR) is 54.5 cm³/mol. The summed E-state index contributed by atoms with van der Waals surface area (Å²) in [6.07, 6.45) is 5.56. The van der Waals surface area contributed by atoms with Crippen LogP contribution in [0.5, 0.6) is 0 Å². The molecule has 0 fully saturated rings. The Kier molecular flexibility index (Phi) is 3.65. The normalized spacial score (nSPS) is 9.50. The molecule has 6 heteroatoms. The molecule has 1 aromatic heterocycles. The van der Waals surface area contributed by atoms with E-state index < -0.39 is 0 Å². The van der Waals surface area contributed by atoms with E-state index in [0.717, 1.165) is 0 Å². The molecular weight excluding hydrogens is 248 g/mol. The van der Waals surface area contributed by atoms with E-state index in [4.69, 9.17) is 6.42 Å². The fraction of sp³-hybridized carbons (Fsp3) is 0.375. The number of amides is 1. The number of nitrogens with one attached hydrogen (secondary N) is 1. The third-order valence-corrected chi connectivity index (χ3v) is 2.09. The van der Waals surface area contributed by atoms with Gasteiger partial charge >= 0.3 is 0 Å². The van der Waals surface area contributed by atoms with Crippen LogP contribution < -0.4 is 5.32 Å². The lowest BCUT2D eigenvalue weighted by Crippen LogP contribution is -2.26. The van der Waals surface area contributed by atoms with Gasteiger partial charge in [0.2, 0.25) is 0 Å². The molecule has 0 radical (unpaired) electrons. The van der Waals surface area contributed by atoms with E-state index in [-0.39, 0.29) is 5.91 Å². The van der Waals surface area contributed by atoms with E-state index >= 15 is 0 Å². The summed E-state index contributed by atoms with van der Waals surface area (Å²) >= 11 is 3.13. The van der Waals surface area contributed by atoms with Gasteiger partial charge in [0, 0.05) is 20.0 Å². The second-order valence-electron chi connectivity index (χ2n) is 2.56. The van der Waals surface area contributed by atoms with Crippen molar-refractivity contribution in [1.29, 1.82) is 0 Å². The molecular formula is C8H9BrN4O. The number of nitrogens with zero attached hydrogens (tertiary/aromatic N) is 3. The molecule has 0 aromatic carbocycles. The first-order valence-electron chi connectivity index (χ1n) is 3.93. The lowest BCUT2D eigenvalue weighted by atomic mass is 10.4. The molecule has 0 unspecified atom stereocenters. The first-order chi connectivity index (χ1) is 6.66. The second kappa shape index (κ2) is 4.77. The van der Waals surface area contributed by atoms with E-state index in [0.29, 0.717) is 23.3 Å². The zero-order valence-corrected chi connectivity index (χ0v) is 9.21. The van der Waals surface area contributed by atoms with Crippen LogP contribution in [0.25, 0.3) is 0 Å². The number of hydrogen-bond acceptors (Lipinski definition) is 3. The number of carbonyl (C=O) groups is 1. The summed E-state index contributed by atoms with van der Waals surface area (Å²) in [4.78, 5) is 11.5. The Labute approximate surface area is 90.0 Å². The molecule has 0 atom stereocenters. The molecule has 1 amide bonds. The molecule has 0 bridgehead atoms. The highest BCUT2D eigenvalue weighted by molar-refractivity contribution is 9.10. The highest BCUT2D eigenvalue weighted by atomic mass is 79.9. The number of aryl methyl sites for hydroxylation is 1. The Morgan fingerprint density at radius 3 is 3.00 bits per heavy atom. The lowest BCUT2D eigenvalue weighted by molar-refractivity contribution is 0.0944. The van der Waals surface area contributed by atoms with Gasteiger partial charge in [-0.25, -0.2) is 4.68 Å². The molecule has 0 spiro atoms. The zero-order chi connectivity index (χ0) is 10.6. The van der Waals surface area contributed by atoms with Crippen molar-refractivity contribution in [2.45, 2.75) is 6.42 Å². The first-order valence-corrected chi connectivity index (χ1v) is 4.73. The maximum Gasteiger partial charge on any atom is 0.272 e. The first kappa shape index (κ1) is 10.7. The van der Waals surface area contributed by atoms with Crippen LogP contribution in [0.2, 0.25) is 0 Å². The molecule has 14 heavy (non-hydrogen) atoms. The van der Waals surface area contributed by atoms with Crippen molar-refractivity contribution in [3.8, 4) is 12.3 Å². The average Bonchev–Trinajstić information content (AvgIpc) is 2.46. The van der Waals surface area contributed by atoms with Crippen molar-refractivity contribution in [3.63, 3.8) is 0 Å². The molecule has 5 nitrogen and oxygen atoms in total. The molecule has 0 saturated heterocycles. The van der Waals surface area contributed by atoms with Gasteiger partial charge in [0.05, 0.1) is 0 Å². The number of carbonyl (C=O) groups excluding carboxylic acids is 1. The molecule has 1 heterocycles. The number of hydrogen-bond donors (Lipinski definition) is 1. The van der Waals surface area contributed by atoms with Crippen molar-refractivity contribution >= 4 is 21.8 Å². The van der Waals surface area contributed by atoms with Gasteiger partial charge in [0.1, 0.15) is 0 Å². The van der Waals surface area contributed by atoms with Gasteiger partial charge in [-0.1, -0.05) is 5.21 Å². The quantitative estimate of drug-likeness (QED) is 0.627. The maximum absolute atomic E-state index is 11.5. The summed E-state index contributed by atoms with van der Waals surface area (Å²) in [5.41, 5.74) is 0.391. The molecule has 1 N–H and O–H groups in total. The van der Waals surface area contributed by atoms with Gasteiger partial charge in [-0.15, -0.1) is 17.4 Å². The van der Waals surface area contributed by atoms with E-state index in [1.807, 2.05) is 0 Å². The molecule has 0 saturated carbocycles. The van der Waals surface area contributed by atoms with Crippen molar-refractivity contribution in [2.75, 3.05) is 6.54 Å². The molecule has 74 valence electrons. The van der Waals surface area contributed by atoms with Gasteiger partial charge in [-0.2, -0.15) is 0 Å². The summed E-state index contributed by atoms with van der Waals surface area (Å²) in [7, 11) is 1.65. The maximum atomic E-state index is 11.5. The lowest BCUT2D eigenvalue weighted by Gasteiger charge is -2.02. The smallest absolute Gasteiger partial charge is 0.272 e. The van der Waals surface area contributed by atoms with Gasteiger partial charge in [0.15, 0.2) is 10.3 Å². The van der Waals surface area contributed by atoms with Crippen LogP contribution in [-0.4, -0.2) is 27.4 Å². The Bertz CT molecular complexity index is 360. The van der Waals surface area contributed by atoms with E-state index in [9.17, 15) is 4.79 Å². The molecule has 0 aliphatic rings. The highest BCUT2D eigenvalue weighted by Crippen LogP contribution is 2.10. The van der Waals surface area contributed by atoms with Crippen LogP contribution in [0.1, 0.15) is 16.9 Å². The number of aromatic nitrogens is 3. The second-order valence-corrected chi connectivity index (χ2v) is 3.31. The molecule has 1 rings (SSSR count). The summed E-state index contributed by atoms with van der Waals surface area (Å²) in [6.45, 7) is 0.451. The van der Waals surface area contributed by atoms with Crippen LogP contribution in [0.3, 0.4) is 0 Å². The minimum Gasteiger partial charge on any atom is -0.350 e. The SMILES string of the molecule is C#CCCNC(=O)c1c(Br)nnn1C. The van der Waals surface area contributed by atoms with Crippen LogP contribution >= 0.6 is 15.9 Å². The van der Waals surface area contributed by atoms with Crippen molar-refractivity contribution in [2.24, 2.45) is 7.05 Å². The highest BCUT2D eigenvalue weighted by Gasteiger charge is 2.15. The van der Waals surface area contributed by atoms with Gasteiger partial charge < -0.3 is 5.32 Å². The number of rotatable bonds is 3. The van der Waals surface area contributed by atoms with Crippen molar-refractivity contribution in [1.82, 2.24) is 20.3 Å². The van der Waals surface area contributed by atoms with Crippen molar-refractivity contribution in [3.05, 3.63) is 10.3 Å². The fourth-order valence-corrected chi connectivity index (χ4v) is 1.41. The largest absolute Gasteiger partial charge is 0.350 e. The Morgan fingerprint density at radius 1 is 1.79 bits per heavy atom. The fourth-order valence-electron chi connectivity index (χ4n) is 0.905. The predicted octanol–water partition coefficient (Wildman–Crippen LogP) is 0.331. The topological polar surface area (TPSA) is 59.8 Å². The summed E-state index contributed by atoms with van der Waals surface area (Å²) in [5, 5.41) is 10.0. The monoisotopic (exact) mass is 256 g/mol. The Morgan fingerprint density at radius 2 is 2.50 bits per heavy atom. The number of terminal acetylenes is 1. The summed E-state index contributed by atoms with van der Waals surface area (Å²) in [5.74, 6) is 2.20. The summed E-state index contributed by atoms with van der Waals surface area (Å²) in [6, 6.07) is 0. The third kappa shape index (κ3) is 2.33. The zero-order valence-electron chi connectivity index (χ0n) is 7.62. The van der Waals surface area contributed by atoms with Crippen LogP contribution in [0, 0.1) is 12.3 Å². The van der Waals surface area contributed by atoms with Crippen LogP contribution in [-0.2, 0) is 7.05 Å². The Hall–Kier alpha value is -1.35. The molecule has 1 aromatic rings. The minimum absolute atomic E-state index is 0.236. The van der Waals surface area contributed by atoms with E-state index in [1.165, 1.54) is 4.68 Å². The van der Waals surface area contributed by atoms with E-state index in [2.05, 4.69) is 37.5 Å². The number of halogens is 1. The minimum atomic E-state index is -0.236. The van der Waals surface area contributed by atoms with Gasteiger partial charge in [-0.3, -0.25) is 4.79 Å². The van der Waals surface area contributed by atoms with Gasteiger partial charge in [-0.05, 0) is 15.9 Å². The van der Waals surface area contributed by atoms with Crippen molar-refractivity contribution < 1.29 is 4.79 Å². The van der Waals surface area contributed by atoms with Gasteiger partial charge in [0.25, 0.3) is 5.91 Å². The van der Waals surface area contributed by atoms with Crippen LogP contribution in [0.4, 0.5) is 0 Å². The summed E-state index contributed by atoms with van der Waals surface area (Å²) < 4.78 is 1.83. The third-order valence-electron chi connectivity index (χ3n) is 1.56. The molecule has 0 aliphatic carbocycles. The standard InChI is InChI=1S/C8H9BrN4O/c1-3-4-5-10-8(14)6-7(9)11-12-13(6)2/h1H,4-5H2,2H3,(H,10,14). The van der Waals surface area contributed by atoms with E-state index in [1.54, 1.807) is 7.05 Å². The average molecular weight is 257 g/mol.